The molecule has 5 fully saturated rings. The number of nitrogens with zero attached hydrogens (tertiary/aromatic N) is 4. The molecule has 10 rings (SSSR count). The number of aromatic nitrogens is 4. The van der Waals surface area contributed by atoms with Gasteiger partial charge in [0.05, 0.1) is 43.2 Å². The van der Waals surface area contributed by atoms with Crippen LogP contribution in [-0.4, -0.2) is 68.8 Å². The van der Waals surface area contributed by atoms with Gasteiger partial charge in [0.2, 0.25) is 0 Å². The van der Waals surface area contributed by atoms with Crippen molar-refractivity contribution < 1.29 is 19.0 Å². The summed E-state index contributed by atoms with van der Waals surface area (Å²) in [4.78, 5) is 24.2. The van der Waals surface area contributed by atoms with E-state index in [9.17, 15) is 4.79 Å². The number of urea groups is 1. The second-order valence-corrected chi connectivity index (χ2v) is 15.0. The third-order valence-corrected chi connectivity index (χ3v) is 12.2. The molecule has 3 aliphatic carbocycles. The van der Waals surface area contributed by atoms with Gasteiger partial charge in [-0.1, -0.05) is 12.5 Å². The highest BCUT2D eigenvalue weighted by Crippen LogP contribution is 2.65. The van der Waals surface area contributed by atoms with Crippen LogP contribution >= 0.6 is 0 Å². The minimum Gasteiger partial charge on any atom is -0.365 e. The van der Waals surface area contributed by atoms with Crippen molar-refractivity contribution in [3.63, 3.8) is 0 Å². The van der Waals surface area contributed by atoms with Crippen molar-refractivity contribution in [3.8, 4) is 11.1 Å². The fourth-order valence-corrected chi connectivity index (χ4v) is 9.76. The number of aromatic amines is 1. The lowest BCUT2D eigenvalue weighted by atomic mass is 9.53. The number of aryl methyl sites for hydroxylation is 1. The number of piperidine rings is 1. The second-order valence-electron chi connectivity index (χ2n) is 15.0. The lowest BCUT2D eigenvalue weighted by Crippen LogP contribution is -2.60. The fraction of sp³-hybridized carbons (Fsp3) is 0.583. The zero-order valence-electron chi connectivity index (χ0n) is 26.6. The number of nitrogens with one attached hydrogen (secondary N) is 2. The van der Waals surface area contributed by atoms with Gasteiger partial charge in [-0.25, -0.2) is 9.78 Å². The molecule has 0 radical (unpaired) electrons. The molecule has 6 aliphatic rings. The number of H-pyrrole nitrogens is 1. The molecule has 4 aromatic rings. The predicted molar refractivity (Wildman–Crippen MR) is 172 cm³/mol. The maximum absolute atomic E-state index is 13.5. The number of carbonyl (C=O) groups excluding carboxylic acids is 1. The van der Waals surface area contributed by atoms with Crippen molar-refractivity contribution in [3.05, 3.63) is 47.4 Å². The van der Waals surface area contributed by atoms with Crippen LogP contribution in [0.3, 0.4) is 0 Å². The molecule has 3 aliphatic heterocycles. The molecule has 10 heteroatoms. The predicted octanol–water partition coefficient (Wildman–Crippen LogP) is 5.99. The Balaban J connectivity index is 0.920. The smallest absolute Gasteiger partial charge is 0.317 e. The van der Waals surface area contributed by atoms with E-state index >= 15 is 0 Å². The van der Waals surface area contributed by atoms with Gasteiger partial charge in [0.25, 0.3) is 0 Å². The van der Waals surface area contributed by atoms with Crippen LogP contribution in [0.4, 0.5) is 4.79 Å². The Morgan fingerprint density at radius 3 is 2.65 bits per heavy atom. The van der Waals surface area contributed by atoms with Crippen LogP contribution in [0.5, 0.6) is 0 Å². The molecular formula is C36H42N6O4. The lowest BCUT2D eigenvalue weighted by Gasteiger charge is -2.57. The van der Waals surface area contributed by atoms with Crippen molar-refractivity contribution in [1.82, 2.24) is 30.0 Å². The number of hydrogen-bond donors (Lipinski definition) is 2. The van der Waals surface area contributed by atoms with Crippen LogP contribution in [0.25, 0.3) is 33.1 Å². The number of likely N-dealkylation sites (tertiary alicyclic amines) is 1. The summed E-state index contributed by atoms with van der Waals surface area (Å²) in [5, 5.41) is 10.2. The Morgan fingerprint density at radius 2 is 1.85 bits per heavy atom. The summed E-state index contributed by atoms with van der Waals surface area (Å²) in [5.74, 6) is -0.0695. The topological polar surface area (TPSA) is 107 Å². The third-order valence-electron chi connectivity index (χ3n) is 12.2. The lowest BCUT2D eigenvalue weighted by molar-refractivity contribution is -0.193. The van der Waals surface area contributed by atoms with Crippen LogP contribution in [-0.2, 0) is 33.5 Å². The SMILES string of the molecule is Cn1ncc2cc(-c3c(C4CC4)[nH]c4ncc5c(c34)C3(CC4(CCN(C(=O)N[C@@H]6CCCCC67OCCO7)CC4)C3)OC5)ccc21. The van der Waals surface area contributed by atoms with Crippen LogP contribution in [0, 0.1) is 5.41 Å². The number of benzene rings is 1. The minimum atomic E-state index is -0.626. The molecule has 1 aromatic carbocycles. The van der Waals surface area contributed by atoms with Crippen molar-refractivity contribution >= 4 is 28.0 Å². The molecule has 240 valence electrons. The summed E-state index contributed by atoms with van der Waals surface area (Å²) in [6, 6.07) is 6.69. The fourth-order valence-electron chi connectivity index (χ4n) is 9.76. The van der Waals surface area contributed by atoms with E-state index in [4.69, 9.17) is 19.2 Å². The zero-order chi connectivity index (χ0) is 30.7. The van der Waals surface area contributed by atoms with Crippen LogP contribution in [0.2, 0.25) is 0 Å². The normalized spacial score (nSPS) is 25.9. The quantitative estimate of drug-likeness (QED) is 0.291. The molecule has 3 saturated carbocycles. The minimum absolute atomic E-state index is 0.0275. The monoisotopic (exact) mass is 622 g/mol. The number of fused-ring (bicyclic) bond motifs is 5. The van der Waals surface area contributed by atoms with Crippen molar-refractivity contribution in [2.24, 2.45) is 12.5 Å². The first kappa shape index (κ1) is 27.6. The van der Waals surface area contributed by atoms with Gasteiger partial charge in [-0.15, -0.1) is 0 Å². The van der Waals surface area contributed by atoms with Crippen molar-refractivity contribution in [1.29, 1.82) is 0 Å². The molecule has 10 nitrogen and oxygen atoms in total. The van der Waals surface area contributed by atoms with E-state index < -0.39 is 5.79 Å². The van der Waals surface area contributed by atoms with Gasteiger partial charge in [-0.05, 0) is 80.4 Å². The molecule has 1 atom stereocenters. The number of carbonyl (C=O) groups is 1. The summed E-state index contributed by atoms with van der Waals surface area (Å²) in [6.45, 7) is 3.38. The van der Waals surface area contributed by atoms with E-state index in [1.54, 1.807) is 0 Å². The molecular weight excluding hydrogens is 580 g/mol. The van der Waals surface area contributed by atoms with Gasteiger partial charge in [-0.2, -0.15) is 5.10 Å². The molecule has 2 N–H and O–H groups in total. The Bertz CT molecular complexity index is 1870. The third kappa shape index (κ3) is 4.02. The standard InChI is InChI=1S/C36H42N6O4/c1-41-26-8-7-23(16-24(26)18-38-41)28-29-30-25(17-37-32(29)40-31(28)22-5-6-22)19-46-35(30)20-34(21-35)10-12-42(13-11-34)33(43)39-27-4-2-3-9-36(27)44-14-15-45-36/h7-8,16-18,22,27H,2-6,9-15,19-21H2,1H3,(H,37,40)(H,39,43)/t27-/m1/s1. The van der Waals surface area contributed by atoms with Gasteiger partial charge >= 0.3 is 6.03 Å². The van der Waals surface area contributed by atoms with E-state index in [2.05, 4.69) is 33.6 Å². The number of rotatable bonds is 3. The van der Waals surface area contributed by atoms with Crippen molar-refractivity contribution in [2.75, 3.05) is 26.3 Å². The van der Waals surface area contributed by atoms with E-state index in [1.807, 2.05) is 29.0 Å². The molecule has 3 spiro atoms. The Hall–Kier alpha value is -3.47. The maximum Gasteiger partial charge on any atom is 0.317 e. The van der Waals surface area contributed by atoms with Crippen LogP contribution in [0.15, 0.2) is 30.6 Å². The van der Waals surface area contributed by atoms with E-state index in [-0.39, 0.29) is 23.1 Å². The van der Waals surface area contributed by atoms with Crippen molar-refractivity contribution in [2.45, 2.75) is 94.2 Å². The molecule has 2 amide bonds. The maximum atomic E-state index is 13.5. The summed E-state index contributed by atoms with van der Waals surface area (Å²) in [6.07, 6.45) is 14.4. The number of pyridine rings is 1. The Labute approximate surface area is 268 Å². The van der Waals surface area contributed by atoms with Gasteiger partial charge < -0.3 is 29.4 Å². The zero-order valence-corrected chi connectivity index (χ0v) is 26.6. The molecule has 3 aromatic heterocycles. The average molecular weight is 623 g/mol. The highest BCUT2D eigenvalue weighted by Gasteiger charge is 2.60. The van der Waals surface area contributed by atoms with Gasteiger partial charge in [0.1, 0.15) is 5.65 Å². The summed E-state index contributed by atoms with van der Waals surface area (Å²) in [5.41, 5.74) is 8.46. The first-order valence-electron chi connectivity index (χ1n) is 17.4. The van der Waals surface area contributed by atoms with Gasteiger partial charge in [-0.3, -0.25) is 4.68 Å². The second kappa shape index (κ2) is 9.78. The van der Waals surface area contributed by atoms with E-state index in [0.29, 0.717) is 25.7 Å². The van der Waals surface area contributed by atoms with Crippen LogP contribution < -0.4 is 5.32 Å². The van der Waals surface area contributed by atoms with Gasteiger partial charge in [0, 0.05) is 65.9 Å². The molecule has 2 saturated heterocycles. The highest BCUT2D eigenvalue weighted by atomic mass is 16.7. The summed E-state index contributed by atoms with van der Waals surface area (Å²) in [7, 11) is 2.00. The molecule has 46 heavy (non-hydrogen) atoms. The Morgan fingerprint density at radius 1 is 1.02 bits per heavy atom. The van der Waals surface area contributed by atoms with Crippen LogP contribution in [0.1, 0.15) is 86.9 Å². The Kier molecular flexibility index (Phi) is 5.87. The largest absolute Gasteiger partial charge is 0.365 e. The number of ether oxygens (including phenoxy) is 3. The number of amides is 2. The average Bonchev–Trinajstić information content (AvgIpc) is 3.33. The first-order chi connectivity index (χ1) is 22.4. The number of hydrogen-bond acceptors (Lipinski definition) is 6. The molecule has 6 heterocycles. The summed E-state index contributed by atoms with van der Waals surface area (Å²) >= 11 is 0. The first-order valence-corrected chi connectivity index (χ1v) is 17.4. The molecule has 0 unspecified atom stereocenters. The van der Waals surface area contributed by atoms with Gasteiger partial charge in [0.15, 0.2) is 5.79 Å². The summed E-state index contributed by atoms with van der Waals surface area (Å²) < 4.78 is 20.8. The highest BCUT2D eigenvalue weighted by molar-refractivity contribution is 6.01. The van der Waals surface area contributed by atoms with E-state index in [0.717, 1.165) is 81.0 Å². The van der Waals surface area contributed by atoms with E-state index in [1.165, 1.54) is 46.2 Å². The molecule has 0 bridgehead atoms.